The van der Waals surface area contributed by atoms with Crippen molar-refractivity contribution in [2.24, 2.45) is 5.92 Å². The van der Waals surface area contributed by atoms with Crippen LogP contribution in [0, 0.1) is 5.92 Å². The maximum atomic E-state index is 12.1. The molecule has 0 unspecified atom stereocenters. The predicted molar refractivity (Wildman–Crippen MR) is 85.0 cm³/mol. The van der Waals surface area contributed by atoms with Crippen LogP contribution >= 0.6 is 0 Å². The molecule has 1 aliphatic heterocycles. The second-order valence-corrected chi connectivity index (χ2v) is 6.27. The van der Waals surface area contributed by atoms with Crippen molar-refractivity contribution in [3.8, 4) is 0 Å². The average molecular weight is 297 g/mol. The van der Waals surface area contributed by atoms with E-state index in [9.17, 15) is 9.59 Å². The van der Waals surface area contributed by atoms with Crippen molar-refractivity contribution in [3.05, 3.63) is 0 Å². The van der Waals surface area contributed by atoms with Crippen LogP contribution in [-0.2, 0) is 9.59 Å². The van der Waals surface area contributed by atoms with E-state index >= 15 is 0 Å². The van der Waals surface area contributed by atoms with Crippen molar-refractivity contribution in [2.45, 2.75) is 46.0 Å². The Morgan fingerprint density at radius 3 is 2.05 bits per heavy atom. The molecule has 1 heterocycles. The van der Waals surface area contributed by atoms with Crippen LogP contribution in [0.5, 0.6) is 0 Å². The van der Waals surface area contributed by atoms with Crippen LogP contribution in [0.2, 0.25) is 0 Å². The van der Waals surface area contributed by atoms with Crippen molar-refractivity contribution in [3.63, 3.8) is 0 Å². The summed E-state index contributed by atoms with van der Waals surface area (Å²) in [5.41, 5.74) is 0. The minimum absolute atomic E-state index is 0.226. The van der Waals surface area contributed by atoms with Gasteiger partial charge in [0.1, 0.15) is 0 Å². The summed E-state index contributed by atoms with van der Waals surface area (Å²) in [5, 5.41) is 3.12. The molecule has 21 heavy (non-hydrogen) atoms. The van der Waals surface area contributed by atoms with Gasteiger partial charge in [0, 0.05) is 39.0 Å². The average Bonchev–Trinajstić information content (AvgIpc) is 2.46. The third-order valence-electron chi connectivity index (χ3n) is 3.89. The standard InChI is InChI=1S/C16H31N3O2/c1-14(2)13-16(21)19-11-9-18(10-12-19)15(20)7-5-4-6-8-17-3/h14,17H,4-13H2,1-3H3. The fraction of sp³-hybridized carbons (Fsp3) is 0.875. The molecule has 1 aliphatic rings. The monoisotopic (exact) mass is 297 g/mol. The number of nitrogens with zero attached hydrogens (tertiary/aromatic N) is 2. The van der Waals surface area contributed by atoms with Crippen molar-refractivity contribution in [2.75, 3.05) is 39.8 Å². The van der Waals surface area contributed by atoms with Gasteiger partial charge in [0.05, 0.1) is 0 Å². The van der Waals surface area contributed by atoms with Gasteiger partial charge in [0.25, 0.3) is 0 Å². The van der Waals surface area contributed by atoms with Crippen molar-refractivity contribution in [1.29, 1.82) is 0 Å². The molecular weight excluding hydrogens is 266 g/mol. The first-order chi connectivity index (χ1) is 10.0. The SMILES string of the molecule is CNCCCCCC(=O)N1CCN(C(=O)CC(C)C)CC1. The zero-order valence-corrected chi connectivity index (χ0v) is 13.9. The highest BCUT2D eigenvalue weighted by Gasteiger charge is 2.23. The first-order valence-electron chi connectivity index (χ1n) is 8.24. The minimum Gasteiger partial charge on any atom is -0.339 e. The molecule has 2 amide bonds. The number of carbonyl (C=O) groups excluding carboxylic acids is 2. The van der Waals surface area contributed by atoms with Gasteiger partial charge in [-0.3, -0.25) is 9.59 Å². The molecule has 5 nitrogen and oxygen atoms in total. The Balaban J connectivity index is 2.19. The summed E-state index contributed by atoms with van der Waals surface area (Å²) in [5.74, 6) is 0.870. The molecule has 0 bridgehead atoms. The Kier molecular flexibility index (Phi) is 8.35. The maximum Gasteiger partial charge on any atom is 0.222 e. The lowest BCUT2D eigenvalue weighted by Gasteiger charge is -2.35. The fourth-order valence-corrected chi connectivity index (χ4v) is 2.60. The van der Waals surface area contributed by atoms with Crippen molar-refractivity contribution in [1.82, 2.24) is 15.1 Å². The minimum atomic E-state index is 0.226. The fourth-order valence-electron chi connectivity index (χ4n) is 2.60. The second kappa shape index (κ2) is 9.77. The van der Waals surface area contributed by atoms with E-state index in [1.165, 1.54) is 0 Å². The zero-order valence-electron chi connectivity index (χ0n) is 13.9. The molecule has 0 aliphatic carbocycles. The van der Waals surface area contributed by atoms with Gasteiger partial charge in [0.15, 0.2) is 0 Å². The van der Waals surface area contributed by atoms with Crippen molar-refractivity contribution >= 4 is 11.8 Å². The number of rotatable bonds is 8. The molecule has 0 aromatic carbocycles. The summed E-state index contributed by atoms with van der Waals surface area (Å²) in [6.45, 7) is 7.91. The molecule has 0 saturated carbocycles. The summed E-state index contributed by atoms with van der Waals surface area (Å²) in [4.78, 5) is 27.9. The number of nitrogens with one attached hydrogen (secondary N) is 1. The first-order valence-corrected chi connectivity index (χ1v) is 8.24. The van der Waals surface area contributed by atoms with Gasteiger partial charge in [-0.15, -0.1) is 0 Å². The molecule has 1 fully saturated rings. The molecule has 1 N–H and O–H groups in total. The predicted octanol–water partition coefficient (Wildman–Crippen LogP) is 1.48. The highest BCUT2D eigenvalue weighted by molar-refractivity contribution is 5.78. The van der Waals surface area contributed by atoms with Crippen LogP contribution in [0.15, 0.2) is 0 Å². The van der Waals surface area contributed by atoms with E-state index in [-0.39, 0.29) is 11.8 Å². The lowest BCUT2D eigenvalue weighted by atomic mass is 10.1. The van der Waals surface area contributed by atoms with E-state index in [0.29, 0.717) is 44.9 Å². The van der Waals surface area contributed by atoms with E-state index in [2.05, 4.69) is 19.2 Å². The van der Waals surface area contributed by atoms with Crippen LogP contribution in [-0.4, -0.2) is 61.4 Å². The van der Waals surface area contributed by atoms with Crippen LogP contribution in [0.3, 0.4) is 0 Å². The topological polar surface area (TPSA) is 52.7 Å². The molecular formula is C16H31N3O2. The molecule has 0 spiro atoms. The number of unbranched alkanes of at least 4 members (excludes halogenated alkanes) is 2. The molecule has 0 atom stereocenters. The van der Waals surface area contributed by atoms with Gasteiger partial charge in [0.2, 0.25) is 11.8 Å². The Labute approximate surface area is 129 Å². The van der Waals surface area contributed by atoms with Crippen LogP contribution in [0.1, 0.15) is 46.0 Å². The van der Waals surface area contributed by atoms with Crippen LogP contribution in [0.4, 0.5) is 0 Å². The zero-order chi connectivity index (χ0) is 15.7. The molecule has 1 rings (SSSR count). The smallest absolute Gasteiger partial charge is 0.222 e. The van der Waals surface area contributed by atoms with Crippen LogP contribution in [0.25, 0.3) is 0 Å². The summed E-state index contributed by atoms with van der Waals surface area (Å²) in [7, 11) is 1.95. The van der Waals surface area contributed by atoms with E-state index in [1.54, 1.807) is 0 Å². The van der Waals surface area contributed by atoms with E-state index < -0.39 is 0 Å². The summed E-state index contributed by atoms with van der Waals surface area (Å²) in [6.07, 6.45) is 4.44. The Morgan fingerprint density at radius 2 is 1.52 bits per heavy atom. The maximum absolute atomic E-state index is 12.1. The van der Waals surface area contributed by atoms with Gasteiger partial charge in [-0.1, -0.05) is 20.3 Å². The van der Waals surface area contributed by atoms with Gasteiger partial charge < -0.3 is 15.1 Å². The Morgan fingerprint density at radius 1 is 0.952 bits per heavy atom. The Hall–Kier alpha value is -1.10. The van der Waals surface area contributed by atoms with E-state index in [0.717, 1.165) is 25.8 Å². The lowest BCUT2D eigenvalue weighted by molar-refractivity contribution is -0.140. The van der Waals surface area contributed by atoms with Gasteiger partial charge in [-0.05, 0) is 32.4 Å². The number of hydrogen-bond acceptors (Lipinski definition) is 3. The molecule has 5 heteroatoms. The third-order valence-corrected chi connectivity index (χ3v) is 3.89. The number of amides is 2. The van der Waals surface area contributed by atoms with Crippen LogP contribution < -0.4 is 5.32 Å². The highest BCUT2D eigenvalue weighted by atomic mass is 16.2. The normalized spacial score (nSPS) is 15.6. The molecule has 0 aromatic rings. The third kappa shape index (κ3) is 6.93. The molecule has 0 aromatic heterocycles. The first kappa shape index (κ1) is 18.0. The Bertz CT molecular complexity index is 323. The second-order valence-electron chi connectivity index (χ2n) is 6.27. The summed E-state index contributed by atoms with van der Waals surface area (Å²) < 4.78 is 0. The largest absolute Gasteiger partial charge is 0.339 e. The molecule has 0 radical (unpaired) electrons. The highest BCUT2D eigenvalue weighted by Crippen LogP contribution is 2.10. The number of hydrogen-bond donors (Lipinski definition) is 1. The van der Waals surface area contributed by atoms with E-state index in [1.807, 2.05) is 16.8 Å². The summed E-state index contributed by atoms with van der Waals surface area (Å²) >= 11 is 0. The lowest BCUT2D eigenvalue weighted by Crippen LogP contribution is -2.50. The quantitative estimate of drug-likeness (QED) is 0.691. The van der Waals surface area contributed by atoms with Crippen molar-refractivity contribution < 1.29 is 9.59 Å². The van der Waals surface area contributed by atoms with Gasteiger partial charge in [-0.2, -0.15) is 0 Å². The van der Waals surface area contributed by atoms with Gasteiger partial charge in [-0.25, -0.2) is 0 Å². The molecule has 122 valence electrons. The van der Waals surface area contributed by atoms with Gasteiger partial charge >= 0.3 is 0 Å². The number of piperazine rings is 1. The summed E-state index contributed by atoms with van der Waals surface area (Å²) in [6, 6.07) is 0. The molecule has 1 saturated heterocycles. The van der Waals surface area contributed by atoms with E-state index in [4.69, 9.17) is 0 Å². The number of carbonyl (C=O) groups is 2.